The normalized spacial score (nSPS) is 22.0. The number of ether oxygens (including phenoxy) is 1. The highest BCUT2D eigenvalue weighted by Crippen LogP contribution is 2.21. The van der Waals surface area contributed by atoms with Crippen molar-refractivity contribution in [3.8, 4) is 5.75 Å². The third-order valence-corrected chi connectivity index (χ3v) is 5.32. The van der Waals surface area contributed by atoms with E-state index in [0.29, 0.717) is 6.61 Å². The molecule has 2 aliphatic heterocycles. The molecule has 1 atom stereocenters. The molecule has 3 rings (SSSR count). The summed E-state index contributed by atoms with van der Waals surface area (Å²) >= 11 is 0. The number of rotatable bonds is 6. The predicted octanol–water partition coefficient (Wildman–Crippen LogP) is 2.60. The Morgan fingerprint density at radius 2 is 1.67 bits per heavy atom. The van der Waals surface area contributed by atoms with Crippen LogP contribution in [0.15, 0.2) is 18.2 Å². The van der Waals surface area contributed by atoms with Gasteiger partial charge in [0.1, 0.15) is 18.5 Å². The molecule has 4 nitrogen and oxygen atoms in total. The highest BCUT2D eigenvalue weighted by atomic mass is 16.5. The van der Waals surface area contributed by atoms with E-state index in [9.17, 15) is 5.11 Å². The fourth-order valence-electron chi connectivity index (χ4n) is 4.13. The summed E-state index contributed by atoms with van der Waals surface area (Å²) in [4.78, 5) is 5.05. The van der Waals surface area contributed by atoms with E-state index < -0.39 is 6.10 Å². The minimum atomic E-state index is -0.422. The molecule has 1 N–H and O–H groups in total. The number of piperidine rings is 1. The van der Waals surface area contributed by atoms with Crippen molar-refractivity contribution in [3.63, 3.8) is 0 Å². The van der Waals surface area contributed by atoms with E-state index in [1.54, 1.807) is 0 Å². The molecule has 0 aliphatic carbocycles. The molecule has 1 unspecified atom stereocenters. The number of nitrogens with zero attached hydrogens (tertiary/aromatic N) is 2. The Morgan fingerprint density at radius 3 is 2.29 bits per heavy atom. The maximum Gasteiger partial charge on any atom is 0.119 e. The monoisotopic (exact) mass is 332 g/mol. The van der Waals surface area contributed by atoms with Crippen LogP contribution < -0.4 is 4.74 Å². The quantitative estimate of drug-likeness (QED) is 0.869. The Kier molecular flexibility index (Phi) is 6.14. The lowest BCUT2D eigenvalue weighted by atomic mass is 10.0. The zero-order chi connectivity index (χ0) is 16.9. The molecule has 0 aromatic heterocycles. The van der Waals surface area contributed by atoms with Gasteiger partial charge in [-0.1, -0.05) is 6.07 Å². The molecule has 24 heavy (non-hydrogen) atoms. The van der Waals surface area contributed by atoms with Gasteiger partial charge in [-0.05, 0) is 89.0 Å². The third kappa shape index (κ3) is 4.95. The van der Waals surface area contributed by atoms with Gasteiger partial charge in [0.15, 0.2) is 0 Å². The summed E-state index contributed by atoms with van der Waals surface area (Å²) in [6.07, 6.45) is 4.80. The van der Waals surface area contributed by atoms with E-state index in [-0.39, 0.29) is 0 Å². The van der Waals surface area contributed by atoms with Crippen molar-refractivity contribution in [1.29, 1.82) is 0 Å². The van der Waals surface area contributed by atoms with Crippen molar-refractivity contribution in [2.75, 3.05) is 39.3 Å². The lowest BCUT2D eigenvalue weighted by Crippen LogP contribution is -2.46. The standard InChI is InChI=1S/C20H32N2O2/c1-16-11-17(2)13-20(12-16)24-15-19(23)14-21-9-5-18(6-10-21)22-7-3-4-8-22/h11-13,18-19,23H,3-10,14-15H2,1-2H3. The zero-order valence-electron chi connectivity index (χ0n) is 15.2. The van der Waals surface area contributed by atoms with Gasteiger partial charge in [0.2, 0.25) is 0 Å². The number of aliphatic hydroxyl groups is 1. The topological polar surface area (TPSA) is 35.9 Å². The van der Waals surface area contributed by atoms with Crippen molar-refractivity contribution in [2.24, 2.45) is 0 Å². The number of hydrogen-bond acceptors (Lipinski definition) is 4. The molecule has 2 heterocycles. The minimum Gasteiger partial charge on any atom is -0.491 e. The van der Waals surface area contributed by atoms with Crippen LogP contribution in [0.2, 0.25) is 0 Å². The van der Waals surface area contributed by atoms with Gasteiger partial charge in [0.05, 0.1) is 0 Å². The number of aryl methyl sites for hydroxylation is 2. The first-order chi connectivity index (χ1) is 11.6. The number of aliphatic hydroxyl groups excluding tert-OH is 1. The summed E-state index contributed by atoms with van der Waals surface area (Å²) in [6, 6.07) is 6.96. The number of β-amino-alcohol motifs (C(OH)–C–C–N with tert-alkyl or cyclic N) is 1. The number of hydrogen-bond donors (Lipinski definition) is 1. The van der Waals surface area contributed by atoms with E-state index in [0.717, 1.165) is 31.4 Å². The molecule has 134 valence electrons. The predicted molar refractivity (Wildman–Crippen MR) is 97.7 cm³/mol. The van der Waals surface area contributed by atoms with Gasteiger partial charge in [0.25, 0.3) is 0 Å². The minimum absolute atomic E-state index is 0.370. The smallest absolute Gasteiger partial charge is 0.119 e. The van der Waals surface area contributed by atoms with Gasteiger partial charge in [-0.3, -0.25) is 0 Å². The first-order valence-corrected chi connectivity index (χ1v) is 9.46. The summed E-state index contributed by atoms with van der Waals surface area (Å²) in [5.74, 6) is 0.860. The lowest BCUT2D eigenvalue weighted by molar-refractivity contribution is 0.0476. The Labute approximate surface area is 146 Å². The van der Waals surface area contributed by atoms with E-state index in [4.69, 9.17) is 4.74 Å². The third-order valence-electron chi connectivity index (χ3n) is 5.32. The van der Waals surface area contributed by atoms with E-state index >= 15 is 0 Å². The van der Waals surface area contributed by atoms with Crippen LogP contribution in [0.5, 0.6) is 5.75 Å². The molecule has 0 spiro atoms. The van der Waals surface area contributed by atoms with Crippen molar-refractivity contribution in [2.45, 2.75) is 51.7 Å². The second-order valence-electron chi connectivity index (χ2n) is 7.56. The summed E-state index contributed by atoms with van der Waals surface area (Å²) in [7, 11) is 0. The maximum atomic E-state index is 10.3. The molecule has 2 aliphatic rings. The van der Waals surface area contributed by atoms with Gasteiger partial charge in [-0.15, -0.1) is 0 Å². The first kappa shape index (κ1) is 17.7. The summed E-state index contributed by atoms with van der Waals surface area (Å²) in [6.45, 7) is 10.0. The molecule has 4 heteroatoms. The molecule has 2 saturated heterocycles. The first-order valence-electron chi connectivity index (χ1n) is 9.46. The number of likely N-dealkylation sites (tertiary alicyclic amines) is 2. The Bertz CT molecular complexity index is 500. The van der Waals surface area contributed by atoms with Crippen molar-refractivity contribution in [1.82, 2.24) is 9.80 Å². The van der Waals surface area contributed by atoms with E-state index in [2.05, 4.69) is 29.7 Å². The number of benzene rings is 1. The molecular formula is C20H32N2O2. The second kappa shape index (κ2) is 8.32. The van der Waals surface area contributed by atoms with Gasteiger partial charge >= 0.3 is 0 Å². The Morgan fingerprint density at radius 1 is 1.04 bits per heavy atom. The van der Waals surface area contributed by atoms with Gasteiger partial charge in [-0.25, -0.2) is 0 Å². The van der Waals surface area contributed by atoms with E-state index in [1.807, 2.05) is 12.1 Å². The summed E-state index contributed by atoms with van der Waals surface area (Å²) in [5.41, 5.74) is 2.40. The Balaban J connectivity index is 1.38. The molecule has 0 saturated carbocycles. The van der Waals surface area contributed by atoms with Gasteiger partial charge in [-0.2, -0.15) is 0 Å². The molecule has 2 fully saturated rings. The van der Waals surface area contributed by atoms with Crippen LogP contribution in [0.4, 0.5) is 0 Å². The molecule has 1 aromatic carbocycles. The highest BCUT2D eigenvalue weighted by molar-refractivity contribution is 5.32. The van der Waals surface area contributed by atoms with Gasteiger partial charge in [0, 0.05) is 12.6 Å². The van der Waals surface area contributed by atoms with Crippen LogP contribution in [-0.2, 0) is 0 Å². The largest absolute Gasteiger partial charge is 0.491 e. The van der Waals surface area contributed by atoms with E-state index in [1.165, 1.54) is 49.9 Å². The van der Waals surface area contributed by atoms with Crippen molar-refractivity contribution >= 4 is 0 Å². The van der Waals surface area contributed by atoms with Crippen molar-refractivity contribution in [3.05, 3.63) is 29.3 Å². The molecule has 0 amide bonds. The van der Waals surface area contributed by atoms with Gasteiger partial charge < -0.3 is 19.6 Å². The fraction of sp³-hybridized carbons (Fsp3) is 0.700. The molecule has 0 bridgehead atoms. The molecule has 0 radical (unpaired) electrons. The summed E-state index contributed by atoms with van der Waals surface area (Å²) in [5, 5.41) is 10.3. The van der Waals surface area contributed by atoms with Crippen LogP contribution in [0.25, 0.3) is 0 Å². The van der Waals surface area contributed by atoms with Crippen LogP contribution in [0, 0.1) is 13.8 Å². The fourth-order valence-corrected chi connectivity index (χ4v) is 4.13. The van der Waals surface area contributed by atoms with Crippen LogP contribution in [0.1, 0.15) is 36.8 Å². The van der Waals surface area contributed by atoms with Crippen LogP contribution in [0.3, 0.4) is 0 Å². The molecular weight excluding hydrogens is 300 g/mol. The average Bonchev–Trinajstić information content (AvgIpc) is 3.07. The average molecular weight is 332 g/mol. The highest BCUT2D eigenvalue weighted by Gasteiger charge is 2.27. The van der Waals surface area contributed by atoms with Crippen molar-refractivity contribution < 1.29 is 9.84 Å². The van der Waals surface area contributed by atoms with Crippen LogP contribution in [-0.4, -0.2) is 66.4 Å². The molecule has 1 aromatic rings. The Hall–Kier alpha value is -1.10. The lowest BCUT2D eigenvalue weighted by Gasteiger charge is -2.37. The second-order valence-corrected chi connectivity index (χ2v) is 7.56. The van der Waals surface area contributed by atoms with Crippen LogP contribution >= 0.6 is 0 Å². The summed E-state index contributed by atoms with van der Waals surface area (Å²) < 4.78 is 5.79. The zero-order valence-corrected chi connectivity index (χ0v) is 15.2. The maximum absolute atomic E-state index is 10.3. The SMILES string of the molecule is Cc1cc(C)cc(OCC(O)CN2CCC(N3CCCC3)CC2)c1.